The summed E-state index contributed by atoms with van der Waals surface area (Å²) in [5, 5.41) is 4.47. The first-order chi connectivity index (χ1) is 13.3. The number of carbonyl (C=O) groups excluding carboxylic acids is 1. The van der Waals surface area contributed by atoms with E-state index in [9.17, 15) is 4.79 Å². The average molecular weight is 360 g/mol. The summed E-state index contributed by atoms with van der Waals surface area (Å²) in [6.45, 7) is 2.97. The van der Waals surface area contributed by atoms with Gasteiger partial charge in [0.25, 0.3) is 5.91 Å². The Morgan fingerprint density at radius 1 is 1.15 bits per heavy atom. The lowest BCUT2D eigenvalue weighted by atomic mass is 9.99. The highest BCUT2D eigenvalue weighted by Crippen LogP contribution is 2.26. The van der Waals surface area contributed by atoms with Crippen LogP contribution >= 0.6 is 0 Å². The summed E-state index contributed by atoms with van der Waals surface area (Å²) in [5.74, 6) is 0.0289. The van der Waals surface area contributed by atoms with E-state index in [-0.39, 0.29) is 5.91 Å². The normalized spacial score (nSPS) is 17.1. The molecule has 1 aliphatic heterocycles. The third-order valence-corrected chi connectivity index (χ3v) is 5.25. The van der Waals surface area contributed by atoms with Crippen LogP contribution in [0.3, 0.4) is 0 Å². The van der Waals surface area contributed by atoms with Gasteiger partial charge in [0.1, 0.15) is 5.69 Å². The number of nitrogens with zero attached hydrogens (tertiary/aromatic N) is 3. The first-order valence-electron chi connectivity index (χ1n) is 9.64. The number of anilines is 2. The fourth-order valence-electron chi connectivity index (χ4n) is 3.83. The molecule has 1 fully saturated rings. The van der Waals surface area contributed by atoms with Crippen LogP contribution in [-0.2, 0) is 0 Å². The lowest BCUT2D eigenvalue weighted by Crippen LogP contribution is -2.43. The van der Waals surface area contributed by atoms with Gasteiger partial charge in [0.2, 0.25) is 0 Å². The minimum atomic E-state index is 0.0289. The number of hydrogen-bond donors (Lipinski definition) is 1. The molecule has 1 amide bonds. The summed E-state index contributed by atoms with van der Waals surface area (Å²) in [5.41, 5.74) is 3.17. The van der Waals surface area contributed by atoms with Crippen molar-refractivity contribution in [3.63, 3.8) is 0 Å². The Bertz CT molecular complexity index is 950. The number of piperidine rings is 1. The molecule has 0 spiro atoms. The highest BCUT2D eigenvalue weighted by atomic mass is 16.2. The zero-order valence-electron chi connectivity index (χ0n) is 15.6. The summed E-state index contributed by atoms with van der Waals surface area (Å²) in [6.07, 6.45) is 7.83. The maximum absolute atomic E-state index is 13.0. The molecule has 0 bridgehead atoms. The molecular weight excluding hydrogens is 336 g/mol. The van der Waals surface area contributed by atoms with Gasteiger partial charge in [0.05, 0.1) is 11.2 Å². The molecule has 3 heterocycles. The molecule has 2 aromatic heterocycles. The summed E-state index contributed by atoms with van der Waals surface area (Å²) in [4.78, 5) is 23.8. The van der Waals surface area contributed by atoms with Crippen LogP contribution < -0.4 is 5.32 Å². The van der Waals surface area contributed by atoms with Crippen molar-refractivity contribution in [1.29, 1.82) is 0 Å². The molecule has 5 nitrogen and oxygen atoms in total. The molecule has 27 heavy (non-hydrogen) atoms. The van der Waals surface area contributed by atoms with E-state index in [0.717, 1.165) is 48.1 Å². The highest BCUT2D eigenvalue weighted by molar-refractivity contribution is 5.95. The number of rotatable bonds is 4. The van der Waals surface area contributed by atoms with Crippen LogP contribution in [0.2, 0.25) is 0 Å². The van der Waals surface area contributed by atoms with Crippen molar-refractivity contribution in [2.24, 2.45) is 0 Å². The Morgan fingerprint density at radius 2 is 2.04 bits per heavy atom. The molecule has 5 heteroatoms. The predicted octanol–water partition coefficient (Wildman–Crippen LogP) is 4.78. The minimum Gasteiger partial charge on any atom is -0.354 e. The van der Waals surface area contributed by atoms with E-state index in [1.165, 1.54) is 6.42 Å². The summed E-state index contributed by atoms with van der Waals surface area (Å²) >= 11 is 0. The number of carbonyl (C=O) groups is 1. The van der Waals surface area contributed by atoms with Gasteiger partial charge in [0.15, 0.2) is 0 Å². The Kier molecular flexibility index (Phi) is 5.01. The highest BCUT2D eigenvalue weighted by Gasteiger charge is 2.27. The number of pyridine rings is 2. The van der Waals surface area contributed by atoms with Gasteiger partial charge in [-0.2, -0.15) is 0 Å². The SMILES string of the molecule is CCC1CCCCN1C(=O)c1cc(Nc2cccc3cccnc23)ccn1. The Balaban J connectivity index is 1.60. The van der Waals surface area contributed by atoms with E-state index >= 15 is 0 Å². The Morgan fingerprint density at radius 3 is 2.93 bits per heavy atom. The number of benzene rings is 1. The van der Waals surface area contributed by atoms with Crippen LogP contribution in [0.1, 0.15) is 43.1 Å². The van der Waals surface area contributed by atoms with Crippen molar-refractivity contribution in [2.75, 3.05) is 11.9 Å². The van der Waals surface area contributed by atoms with Crippen molar-refractivity contribution in [2.45, 2.75) is 38.6 Å². The second-order valence-electron chi connectivity index (χ2n) is 6.99. The van der Waals surface area contributed by atoms with Gasteiger partial charge in [0, 0.05) is 36.1 Å². The molecule has 1 saturated heterocycles. The van der Waals surface area contributed by atoms with Crippen molar-refractivity contribution in [3.05, 3.63) is 60.6 Å². The predicted molar refractivity (Wildman–Crippen MR) is 108 cm³/mol. The summed E-state index contributed by atoms with van der Waals surface area (Å²) in [7, 11) is 0. The molecule has 1 unspecified atom stereocenters. The van der Waals surface area contributed by atoms with Gasteiger partial charge >= 0.3 is 0 Å². The number of para-hydroxylation sites is 1. The van der Waals surface area contributed by atoms with E-state index < -0.39 is 0 Å². The first kappa shape index (κ1) is 17.5. The fourth-order valence-corrected chi connectivity index (χ4v) is 3.83. The van der Waals surface area contributed by atoms with Crippen LogP contribution in [0.4, 0.5) is 11.4 Å². The second kappa shape index (κ2) is 7.74. The third-order valence-electron chi connectivity index (χ3n) is 5.25. The van der Waals surface area contributed by atoms with Gasteiger partial charge < -0.3 is 10.2 Å². The Labute approximate surface area is 159 Å². The number of likely N-dealkylation sites (tertiary alicyclic amines) is 1. The lowest BCUT2D eigenvalue weighted by molar-refractivity contribution is 0.0602. The monoisotopic (exact) mass is 360 g/mol. The van der Waals surface area contributed by atoms with Crippen LogP contribution in [0.15, 0.2) is 54.9 Å². The molecular formula is C22H24N4O. The van der Waals surface area contributed by atoms with E-state index in [4.69, 9.17) is 0 Å². The molecule has 1 aromatic carbocycles. The van der Waals surface area contributed by atoms with Crippen LogP contribution in [-0.4, -0.2) is 33.4 Å². The fraction of sp³-hybridized carbons (Fsp3) is 0.318. The average Bonchev–Trinajstić information content (AvgIpc) is 2.73. The van der Waals surface area contributed by atoms with E-state index in [2.05, 4.69) is 22.2 Å². The molecule has 1 atom stereocenters. The van der Waals surface area contributed by atoms with Crippen molar-refractivity contribution in [3.8, 4) is 0 Å². The lowest BCUT2D eigenvalue weighted by Gasteiger charge is -2.35. The molecule has 0 aliphatic carbocycles. The first-order valence-corrected chi connectivity index (χ1v) is 9.64. The molecule has 1 N–H and O–H groups in total. The van der Waals surface area contributed by atoms with E-state index in [1.807, 2.05) is 47.4 Å². The van der Waals surface area contributed by atoms with Gasteiger partial charge in [-0.3, -0.25) is 14.8 Å². The molecule has 138 valence electrons. The largest absolute Gasteiger partial charge is 0.354 e. The van der Waals surface area contributed by atoms with Gasteiger partial charge in [-0.1, -0.05) is 25.1 Å². The van der Waals surface area contributed by atoms with Gasteiger partial charge in [-0.25, -0.2) is 0 Å². The number of amides is 1. The maximum atomic E-state index is 13.0. The van der Waals surface area contributed by atoms with Crippen LogP contribution in [0.5, 0.6) is 0 Å². The molecule has 3 aromatic rings. The molecule has 0 saturated carbocycles. The maximum Gasteiger partial charge on any atom is 0.272 e. The van der Waals surface area contributed by atoms with Gasteiger partial charge in [-0.15, -0.1) is 0 Å². The zero-order chi connectivity index (χ0) is 18.6. The van der Waals surface area contributed by atoms with Crippen LogP contribution in [0, 0.1) is 0 Å². The molecule has 0 radical (unpaired) electrons. The quantitative estimate of drug-likeness (QED) is 0.727. The van der Waals surface area contributed by atoms with Crippen molar-refractivity contribution >= 4 is 28.2 Å². The molecule has 1 aliphatic rings. The number of hydrogen-bond acceptors (Lipinski definition) is 4. The van der Waals surface area contributed by atoms with Crippen molar-refractivity contribution < 1.29 is 4.79 Å². The van der Waals surface area contributed by atoms with Crippen molar-refractivity contribution in [1.82, 2.24) is 14.9 Å². The smallest absolute Gasteiger partial charge is 0.272 e. The van der Waals surface area contributed by atoms with E-state index in [0.29, 0.717) is 11.7 Å². The summed E-state index contributed by atoms with van der Waals surface area (Å²) in [6, 6.07) is 14.0. The topological polar surface area (TPSA) is 58.1 Å². The zero-order valence-corrected chi connectivity index (χ0v) is 15.6. The summed E-state index contributed by atoms with van der Waals surface area (Å²) < 4.78 is 0. The minimum absolute atomic E-state index is 0.0289. The number of aromatic nitrogens is 2. The number of fused-ring (bicyclic) bond motifs is 1. The van der Waals surface area contributed by atoms with Gasteiger partial charge in [-0.05, 0) is 49.9 Å². The Hall–Kier alpha value is -2.95. The van der Waals surface area contributed by atoms with E-state index in [1.54, 1.807) is 12.4 Å². The number of nitrogens with one attached hydrogen (secondary N) is 1. The standard InChI is InChI=1S/C22H24N4O/c1-2-18-9-3-4-14-26(18)22(27)20-15-17(11-13-23-20)25-19-10-5-7-16-8-6-12-24-21(16)19/h5-8,10-13,15,18H,2-4,9,14H2,1H3,(H,23,25). The van der Waals surface area contributed by atoms with Crippen LogP contribution in [0.25, 0.3) is 10.9 Å². The molecule has 4 rings (SSSR count). The second-order valence-corrected chi connectivity index (χ2v) is 6.99. The third kappa shape index (κ3) is 3.63.